The van der Waals surface area contributed by atoms with Gasteiger partial charge < -0.3 is 14.5 Å². The van der Waals surface area contributed by atoms with Crippen molar-refractivity contribution in [3.63, 3.8) is 0 Å². The molecule has 0 unspecified atom stereocenters. The first-order valence-electron chi connectivity index (χ1n) is 11.8. The Morgan fingerprint density at radius 2 is 1.85 bits per heavy atom. The van der Waals surface area contributed by atoms with E-state index in [-0.39, 0.29) is 5.89 Å². The highest BCUT2D eigenvalue weighted by molar-refractivity contribution is 5.86. The lowest BCUT2D eigenvalue weighted by Gasteiger charge is -2.39. The molecule has 0 radical (unpaired) electrons. The lowest BCUT2D eigenvalue weighted by molar-refractivity contribution is 0.00791. The van der Waals surface area contributed by atoms with Crippen molar-refractivity contribution in [3.8, 4) is 22.6 Å². The van der Waals surface area contributed by atoms with Crippen LogP contribution in [0.3, 0.4) is 0 Å². The highest BCUT2D eigenvalue weighted by Crippen LogP contribution is 2.42. The fourth-order valence-electron chi connectivity index (χ4n) is 5.39. The number of ether oxygens (including phenoxy) is 1. The number of alkyl halides is 2. The van der Waals surface area contributed by atoms with Crippen molar-refractivity contribution in [2.24, 2.45) is 0 Å². The predicted octanol–water partition coefficient (Wildman–Crippen LogP) is 4.09. The maximum atomic E-state index is 12.9. The molecule has 2 fully saturated rings. The molecule has 1 saturated heterocycles. The number of hydrogen-bond acceptors (Lipinski definition) is 8. The Hall–Kier alpha value is -2.98. The molecule has 1 aliphatic heterocycles. The minimum atomic E-state index is -2.79. The summed E-state index contributed by atoms with van der Waals surface area (Å²) in [5.74, 6) is 0.239. The Bertz CT molecular complexity index is 1170. The van der Waals surface area contributed by atoms with Crippen molar-refractivity contribution in [1.82, 2.24) is 25.1 Å². The van der Waals surface area contributed by atoms with Crippen LogP contribution in [-0.4, -0.2) is 63.5 Å². The van der Waals surface area contributed by atoms with E-state index in [1.165, 1.54) is 0 Å². The molecule has 1 aromatic carbocycles. The molecule has 1 saturated carbocycles. The number of fused-ring (bicyclic) bond motifs is 3. The summed E-state index contributed by atoms with van der Waals surface area (Å²) < 4.78 is 36.4. The lowest BCUT2D eigenvalue weighted by Crippen LogP contribution is -2.46. The van der Waals surface area contributed by atoms with E-state index in [2.05, 4.69) is 30.4 Å². The summed E-state index contributed by atoms with van der Waals surface area (Å²) in [6.07, 6.45) is 4.03. The van der Waals surface area contributed by atoms with Crippen LogP contribution in [-0.2, 0) is 11.2 Å². The van der Waals surface area contributed by atoms with Crippen molar-refractivity contribution < 1.29 is 17.9 Å². The number of aromatic nitrogens is 4. The van der Waals surface area contributed by atoms with E-state index < -0.39 is 12.3 Å². The average molecular weight is 469 g/mol. The first-order valence-corrected chi connectivity index (χ1v) is 11.8. The Morgan fingerprint density at radius 3 is 2.62 bits per heavy atom. The van der Waals surface area contributed by atoms with Gasteiger partial charge in [0.2, 0.25) is 5.89 Å². The fourth-order valence-corrected chi connectivity index (χ4v) is 5.39. The van der Waals surface area contributed by atoms with E-state index in [4.69, 9.17) is 9.15 Å². The van der Waals surface area contributed by atoms with Crippen LogP contribution < -0.4 is 5.32 Å². The van der Waals surface area contributed by atoms with Crippen molar-refractivity contribution in [2.45, 2.75) is 50.6 Å². The largest absolute Gasteiger partial charge is 0.415 e. The monoisotopic (exact) mass is 468 g/mol. The van der Waals surface area contributed by atoms with Gasteiger partial charge in [-0.15, -0.1) is 10.2 Å². The van der Waals surface area contributed by atoms with Gasteiger partial charge in [0.05, 0.1) is 18.9 Å². The summed E-state index contributed by atoms with van der Waals surface area (Å²) in [6.45, 7) is 3.72. The van der Waals surface area contributed by atoms with E-state index in [0.717, 1.165) is 80.2 Å². The molecule has 0 atom stereocenters. The molecule has 8 nitrogen and oxygen atoms in total. The number of nitrogens with zero attached hydrogens (tertiary/aromatic N) is 5. The smallest absolute Gasteiger partial charge is 0.314 e. The minimum Gasteiger partial charge on any atom is -0.415 e. The summed E-state index contributed by atoms with van der Waals surface area (Å²) in [4.78, 5) is 11.7. The van der Waals surface area contributed by atoms with E-state index >= 15 is 0 Å². The lowest BCUT2D eigenvalue weighted by atomic mass is 9.89. The van der Waals surface area contributed by atoms with E-state index in [1.807, 2.05) is 18.2 Å². The quantitative estimate of drug-likeness (QED) is 0.469. The average Bonchev–Trinajstić information content (AvgIpc) is 3.50. The molecule has 6 rings (SSSR count). The minimum absolute atomic E-state index is 0.0827. The number of benzene rings is 1. The van der Waals surface area contributed by atoms with Crippen molar-refractivity contribution in [3.05, 3.63) is 41.7 Å². The third-order valence-electron chi connectivity index (χ3n) is 7.14. The van der Waals surface area contributed by atoms with Gasteiger partial charge in [0.25, 0.3) is 5.89 Å². The second-order valence-electron chi connectivity index (χ2n) is 9.14. The Balaban J connectivity index is 1.21. The van der Waals surface area contributed by atoms with Gasteiger partial charge in [-0.1, -0.05) is 6.07 Å². The zero-order valence-electron chi connectivity index (χ0n) is 18.7. The zero-order valence-corrected chi connectivity index (χ0v) is 18.7. The van der Waals surface area contributed by atoms with Gasteiger partial charge in [-0.25, -0.2) is 9.97 Å². The summed E-state index contributed by atoms with van der Waals surface area (Å²) in [6, 6.07) is 6.69. The topological polar surface area (TPSA) is 89.2 Å². The molecule has 2 aromatic heterocycles. The fraction of sp³-hybridized carbons (Fsp3) is 0.500. The van der Waals surface area contributed by atoms with Gasteiger partial charge in [-0.05, 0) is 48.9 Å². The first kappa shape index (κ1) is 21.5. The number of nitrogens with one attached hydrogen (secondary N) is 1. The van der Waals surface area contributed by atoms with Crippen LogP contribution in [0.1, 0.15) is 49.3 Å². The molecular weight excluding hydrogens is 442 g/mol. The molecule has 3 aromatic rings. The number of hydrogen-bond donors (Lipinski definition) is 1. The van der Waals surface area contributed by atoms with Crippen molar-refractivity contribution in [2.75, 3.05) is 31.6 Å². The van der Waals surface area contributed by atoms with Gasteiger partial charge in [0.1, 0.15) is 12.1 Å². The van der Waals surface area contributed by atoms with Crippen LogP contribution in [0.5, 0.6) is 0 Å². The van der Waals surface area contributed by atoms with Crippen LogP contribution in [0, 0.1) is 0 Å². The maximum Gasteiger partial charge on any atom is 0.314 e. The predicted molar refractivity (Wildman–Crippen MR) is 121 cm³/mol. The van der Waals surface area contributed by atoms with Crippen LogP contribution >= 0.6 is 0 Å². The molecule has 178 valence electrons. The number of morpholine rings is 1. The van der Waals surface area contributed by atoms with Crippen molar-refractivity contribution in [1.29, 1.82) is 0 Å². The molecule has 3 aliphatic rings. The van der Waals surface area contributed by atoms with E-state index in [0.29, 0.717) is 24.1 Å². The maximum absolute atomic E-state index is 12.9. The summed E-state index contributed by atoms with van der Waals surface area (Å²) in [5, 5.41) is 10.9. The van der Waals surface area contributed by atoms with Crippen LogP contribution in [0.25, 0.3) is 22.6 Å². The molecule has 2 aliphatic carbocycles. The standard InChI is InChI=1S/C24H26F2N6O2/c25-21(26)24-31-30-23(34-24)15-2-1-14-12-19-20(18(14)11-15)22(28-13-27-19)29-16-3-5-17(6-4-16)32-7-9-33-10-8-32/h1-2,11,13,16-17,21H,3-10,12H2,(H,27,28,29). The molecule has 0 amide bonds. The van der Waals surface area contributed by atoms with Crippen molar-refractivity contribution >= 4 is 5.82 Å². The Kier molecular flexibility index (Phi) is 5.70. The highest BCUT2D eigenvalue weighted by Gasteiger charge is 2.30. The third-order valence-corrected chi connectivity index (χ3v) is 7.14. The Morgan fingerprint density at radius 1 is 1.03 bits per heavy atom. The highest BCUT2D eigenvalue weighted by atomic mass is 19.3. The van der Waals surface area contributed by atoms with Gasteiger partial charge >= 0.3 is 6.43 Å². The van der Waals surface area contributed by atoms with E-state index in [1.54, 1.807) is 6.33 Å². The molecular formula is C24H26F2N6O2. The second kappa shape index (κ2) is 8.99. The second-order valence-corrected chi connectivity index (χ2v) is 9.14. The van der Waals surface area contributed by atoms with E-state index in [9.17, 15) is 8.78 Å². The zero-order chi connectivity index (χ0) is 23.1. The third kappa shape index (κ3) is 4.05. The number of rotatable bonds is 5. The molecule has 10 heteroatoms. The summed E-state index contributed by atoms with van der Waals surface area (Å²) >= 11 is 0. The summed E-state index contributed by atoms with van der Waals surface area (Å²) in [7, 11) is 0. The first-order chi connectivity index (χ1) is 16.7. The van der Waals surface area contributed by atoms with Gasteiger partial charge in [0, 0.05) is 42.7 Å². The summed E-state index contributed by atoms with van der Waals surface area (Å²) in [5.41, 5.74) is 4.64. The van der Waals surface area contributed by atoms with Gasteiger partial charge in [-0.2, -0.15) is 8.78 Å². The molecule has 3 heterocycles. The molecule has 0 bridgehead atoms. The Labute approximate surface area is 195 Å². The number of halogens is 2. The van der Waals surface area contributed by atoms with Crippen LogP contribution in [0.2, 0.25) is 0 Å². The normalized spacial score (nSPS) is 22.6. The van der Waals surface area contributed by atoms with Crippen LogP contribution in [0.4, 0.5) is 14.6 Å². The van der Waals surface area contributed by atoms with Gasteiger partial charge in [-0.3, -0.25) is 4.90 Å². The van der Waals surface area contributed by atoms with Gasteiger partial charge in [0.15, 0.2) is 0 Å². The SMILES string of the molecule is FC(F)c1nnc(-c2ccc3c(c2)-c2c(ncnc2NC2CCC(N4CCOCC4)CC2)C3)o1. The van der Waals surface area contributed by atoms with Crippen LogP contribution in [0.15, 0.2) is 28.9 Å². The molecule has 1 N–H and O–H groups in total. The number of anilines is 1. The molecule has 0 spiro atoms. The molecule has 34 heavy (non-hydrogen) atoms.